The maximum atomic E-state index is 2.28. The molecule has 3 aromatic rings. The van der Waals surface area contributed by atoms with E-state index in [0.717, 1.165) is 8.58 Å². The second-order valence-electron chi connectivity index (χ2n) is 5.38. The largest absolute Gasteiger partial charge is 0.102 e. The first-order valence-corrected chi connectivity index (χ1v) is 9.00. The van der Waals surface area contributed by atoms with Crippen LogP contribution >= 0.6 is 8.58 Å². The van der Waals surface area contributed by atoms with E-state index < -0.39 is 0 Å². The lowest BCUT2D eigenvalue weighted by atomic mass is 9.84. The molecule has 1 heteroatoms. The molecule has 1 unspecified atom stereocenters. The summed E-state index contributed by atoms with van der Waals surface area (Å²) in [6, 6.07) is 32.8. The molecular formula is C21H21P. The van der Waals surface area contributed by atoms with Gasteiger partial charge in [-0.2, -0.15) is 0 Å². The van der Waals surface area contributed by atoms with Crippen molar-refractivity contribution in [3.05, 3.63) is 108 Å². The first-order valence-electron chi connectivity index (χ1n) is 7.79. The minimum absolute atomic E-state index is 0.0431. The Morgan fingerprint density at radius 3 is 1.18 bits per heavy atom. The van der Waals surface area contributed by atoms with Crippen molar-refractivity contribution < 1.29 is 0 Å². The van der Waals surface area contributed by atoms with Crippen LogP contribution in [0.25, 0.3) is 0 Å². The minimum Gasteiger partial charge on any atom is -0.102 e. The van der Waals surface area contributed by atoms with Crippen molar-refractivity contribution in [1.82, 2.24) is 0 Å². The molecule has 0 saturated carbocycles. The fourth-order valence-electron chi connectivity index (χ4n) is 3.14. The van der Waals surface area contributed by atoms with E-state index in [1.54, 1.807) is 0 Å². The quantitative estimate of drug-likeness (QED) is 0.420. The van der Waals surface area contributed by atoms with E-state index in [4.69, 9.17) is 0 Å². The Morgan fingerprint density at radius 2 is 0.909 bits per heavy atom. The first-order chi connectivity index (χ1) is 10.9. The summed E-state index contributed by atoms with van der Waals surface area (Å²) in [5, 5.41) is -0.0431. The molecule has 0 fully saturated rings. The van der Waals surface area contributed by atoms with Crippen LogP contribution in [0.15, 0.2) is 91.0 Å². The van der Waals surface area contributed by atoms with Crippen LogP contribution in [-0.4, -0.2) is 6.16 Å². The molecule has 0 aromatic heterocycles. The molecule has 0 aliphatic rings. The van der Waals surface area contributed by atoms with Crippen LogP contribution < -0.4 is 0 Å². The van der Waals surface area contributed by atoms with Gasteiger partial charge in [0.2, 0.25) is 0 Å². The monoisotopic (exact) mass is 304 g/mol. The van der Waals surface area contributed by atoms with Gasteiger partial charge in [0.15, 0.2) is 0 Å². The van der Waals surface area contributed by atoms with Gasteiger partial charge in [-0.25, -0.2) is 0 Å². The van der Waals surface area contributed by atoms with Crippen LogP contribution in [0.5, 0.6) is 0 Å². The second-order valence-corrected chi connectivity index (χ2v) is 7.19. The Kier molecular flexibility index (Phi) is 4.71. The fourth-order valence-corrected chi connectivity index (χ4v) is 4.78. The summed E-state index contributed by atoms with van der Waals surface area (Å²) in [7, 11) is 0.809. The van der Waals surface area contributed by atoms with Crippen LogP contribution in [0.2, 0.25) is 0 Å². The smallest absolute Gasteiger partial charge is 0.0619 e. The Bertz CT molecular complexity index is 593. The lowest BCUT2D eigenvalue weighted by Crippen LogP contribution is -2.24. The predicted molar refractivity (Wildman–Crippen MR) is 98.1 cm³/mol. The zero-order chi connectivity index (χ0) is 15.3. The van der Waals surface area contributed by atoms with Gasteiger partial charge in [-0.15, -0.1) is 8.58 Å². The molecule has 0 amide bonds. The molecule has 0 saturated heterocycles. The van der Waals surface area contributed by atoms with E-state index in [9.17, 15) is 0 Å². The second kappa shape index (κ2) is 6.90. The van der Waals surface area contributed by atoms with Crippen molar-refractivity contribution in [2.45, 2.75) is 12.1 Å². The van der Waals surface area contributed by atoms with Gasteiger partial charge in [0, 0.05) is 0 Å². The van der Waals surface area contributed by atoms with E-state index in [-0.39, 0.29) is 5.16 Å². The third kappa shape index (κ3) is 2.72. The lowest BCUT2D eigenvalue weighted by Gasteiger charge is -2.36. The molecule has 0 aliphatic carbocycles. The number of benzene rings is 3. The molecule has 110 valence electrons. The van der Waals surface area contributed by atoms with Gasteiger partial charge in [0.05, 0.1) is 5.16 Å². The Balaban J connectivity index is 2.29. The molecule has 1 atom stereocenters. The molecular weight excluding hydrogens is 283 g/mol. The first kappa shape index (κ1) is 15.0. The SMILES string of the molecule is CCPC(c1ccccc1)(c1ccccc1)c1ccccc1. The van der Waals surface area contributed by atoms with E-state index in [0.29, 0.717) is 0 Å². The highest BCUT2D eigenvalue weighted by atomic mass is 31.1. The maximum absolute atomic E-state index is 2.28. The fraction of sp³-hybridized carbons (Fsp3) is 0.143. The van der Waals surface area contributed by atoms with Crippen molar-refractivity contribution in [2.75, 3.05) is 6.16 Å². The lowest BCUT2D eigenvalue weighted by molar-refractivity contribution is 0.884. The van der Waals surface area contributed by atoms with Gasteiger partial charge in [-0.3, -0.25) is 0 Å². The van der Waals surface area contributed by atoms with Gasteiger partial charge in [-0.1, -0.05) is 97.9 Å². The van der Waals surface area contributed by atoms with Crippen molar-refractivity contribution >= 4 is 8.58 Å². The number of rotatable bonds is 5. The van der Waals surface area contributed by atoms with Crippen LogP contribution in [0.3, 0.4) is 0 Å². The van der Waals surface area contributed by atoms with Gasteiger partial charge in [0.1, 0.15) is 0 Å². The average Bonchev–Trinajstić information content (AvgIpc) is 2.62. The summed E-state index contributed by atoms with van der Waals surface area (Å²) in [5.74, 6) is 0. The summed E-state index contributed by atoms with van der Waals surface area (Å²) in [6.45, 7) is 2.28. The highest BCUT2D eigenvalue weighted by Crippen LogP contribution is 2.51. The van der Waals surface area contributed by atoms with Crippen LogP contribution in [0.4, 0.5) is 0 Å². The number of hydrogen-bond donors (Lipinski definition) is 0. The molecule has 0 heterocycles. The summed E-state index contributed by atoms with van der Waals surface area (Å²) in [5.41, 5.74) is 4.15. The minimum atomic E-state index is -0.0431. The maximum Gasteiger partial charge on any atom is 0.0619 e. The molecule has 3 aromatic carbocycles. The molecule has 3 rings (SSSR count). The Morgan fingerprint density at radius 1 is 0.591 bits per heavy atom. The van der Waals surface area contributed by atoms with Gasteiger partial charge in [-0.05, 0) is 22.9 Å². The molecule has 22 heavy (non-hydrogen) atoms. The molecule has 0 radical (unpaired) electrons. The van der Waals surface area contributed by atoms with Crippen LogP contribution in [0.1, 0.15) is 23.6 Å². The van der Waals surface area contributed by atoms with Crippen molar-refractivity contribution in [3.63, 3.8) is 0 Å². The molecule has 0 nitrogen and oxygen atoms in total. The van der Waals surface area contributed by atoms with Crippen LogP contribution in [-0.2, 0) is 5.16 Å². The Labute approximate surface area is 135 Å². The van der Waals surface area contributed by atoms with E-state index in [1.807, 2.05) is 0 Å². The topological polar surface area (TPSA) is 0 Å². The number of hydrogen-bond acceptors (Lipinski definition) is 0. The average molecular weight is 304 g/mol. The zero-order valence-electron chi connectivity index (χ0n) is 12.9. The van der Waals surface area contributed by atoms with Gasteiger partial charge in [0.25, 0.3) is 0 Å². The summed E-state index contributed by atoms with van der Waals surface area (Å²) in [4.78, 5) is 0. The van der Waals surface area contributed by atoms with Gasteiger partial charge >= 0.3 is 0 Å². The third-order valence-electron chi connectivity index (χ3n) is 4.06. The molecule has 0 spiro atoms. The predicted octanol–water partition coefficient (Wildman–Crippen LogP) is 5.68. The van der Waals surface area contributed by atoms with E-state index in [1.165, 1.54) is 22.9 Å². The van der Waals surface area contributed by atoms with Gasteiger partial charge < -0.3 is 0 Å². The normalized spacial score (nSPS) is 11.9. The summed E-state index contributed by atoms with van der Waals surface area (Å²) in [6.07, 6.45) is 1.17. The highest BCUT2D eigenvalue weighted by molar-refractivity contribution is 7.40. The molecule has 0 aliphatic heterocycles. The van der Waals surface area contributed by atoms with E-state index in [2.05, 4.69) is 97.9 Å². The van der Waals surface area contributed by atoms with Crippen molar-refractivity contribution in [2.24, 2.45) is 0 Å². The van der Waals surface area contributed by atoms with Crippen molar-refractivity contribution in [3.8, 4) is 0 Å². The van der Waals surface area contributed by atoms with Crippen molar-refractivity contribution in [1.29, 1.82) is 0 Å². The zero-order valence-corrected chi connectivity index (χ0v) is 13.9. The van der Waals surface area contributed by atoms with Crippen LogP contribution in [0, 0.1) is 0 Å². The van der Waals surface area contributed by atoms with E-state index >= 15 is 0 Å². The third-order valence-corrected chi connectivity index (χ3v) is 5.81. The summed E-state index contributed by atoms with van der Waals surface area (Å²) >= 11 is 0. The Hall–Kier alpha value is -1.91. The highest BCUT2D eigenvalue weighted by Gasteiger charge is 2.35. The molecule has 0 N–H and O–H groups in total. The summed E-state index contributed by atoms with van der Waals surface area (Å²) < 4.78 is 0. The molecule has 0 bridgehead atoms. The standard InChI is InChI=1S/C21H21P/c1-2-22-21(18-12-6-3-7-13-18,19-14-8-4-9-15-19)20-16-10-5-11-17-20/h3-17,22H,2H2,1H3.